The van der Waals surface area contributed by atoms with Crippen molar-refractivity contribution < 1.29 is 4.74 Å². The minimum Gasteiger partial charge on any atom is -0.378 e. The minimum atomic E-state index is 0.381. The van der Waals surface area contributed by atoms with E-state index in [9.17, 15) is 0 Å². The van der Waals surface area contributed by atoms with Crippen LogP contribution in [0.3, 0.4) is 0 Å². The van der Waals surface area contributed by atoms with Gasteiger partial charge in [0, 0.05) is 19.0 Å². The number of nitrogens with two attached hydrogens (primary N) is 1. The number of aryl methyl sites for hydroxylation is 1. The van der Waals surface area contributed by atoms with E-state index in [-0.39, 0.29) is 0 Å². The van der Waals surface area contributed by atoms with Crippen molar-refractivity contribution >= 4 is 0 Å². The number of ether oxygens (including phenoxy) is 1. The SMILES string of the molecule is CC1CCC(CN)C(OCCCc2ccncc2)C1. The Morgan fingerprint density at radius 3 is 2.84 bits per heavy atom. The molecule has 3 atom stereocenters. The molecule has 0 radical (unpaired) electrons. The van der Waals surface area contributed by atoms with Crippen LogP contribution < -0.4 is 5.73 Å². The van der Waals surface area contributed by atoms with Crippen LogP contribution in [0.5, 0.6) is 0 Å². The topological polar surface area (TPSA) is 48.1 Å². The first-order chi connectivity index (χ1) is 9.29. The maximum absolute atomic E-state index is 6.08. The summed E-state index contributed by atoms with van der Waals surface area (Å²) in [6, 6.07) is 4.15. The molecule has 0 bridgehead atoms. The van der Waals surface area contributed by atoms with E-state index in [4.69, 9.17) is 10.5 Å². The van der Waals surface area contributed by atoms with Crippen LogP contribution in [0.4, 0.5) is 0 Å². The largest absolute Gasteiger partial charge is 0.378 e. The fraction of sp³-hybridized carbons (Fsp3) is 0.688. The van der Waals surface area contributed by atoms with Crippen LogP contribution in [0.15, 0.2) is 24.5 Å². The lowest BCUT2D eigenvalue weighted by atomic mass is 9.80. The van der Waals surface area contributed by atoms with Gasteiger partial charge in [-0.25, -0.2) is 0 Å². The van der Waals surface area contributed by atoms with Gasteiger partial charge in [0.25, 0.3) is 0 Å². The molecule has 0 spiro atoms. The Bertz CT molecular complexity index is 355. The van der Waals surface area contributed by atoms with E-state index in [1.54, 1.807) is 0 Å². The van der Waals surface area contributed by atoms with Gasteiger partial charge < -0.3 is 10.5 Å². The first-order valence-electron chi connectivity index (χ1n) is 7.50. The van der Waals surface area contributed by atoms with Gasteiger partial charge in [-0.1, -0.05) is 13.3 Å². The predicted octanol–water partition coefficient (Wildman–Crippen LogP) is 2.79. The molecule has 1 aliphatic rings. The summed E-state index contributed by atoms with van der Waals surface area (Å²) >= 11 is 0. The molecule has 0 saturated heterocycles. The number of hydrogen-bond donors (Lipinski definition) is 1. The molecule has 0 aliphatic heterocycles. The highest BCUT2D eigenvalue weighted by Gasteiger charge is 2.28. The van der Waals surface area contributed by atoms with E-state index < -0.39 is 0 Å². The molecule has 3 nitrogen and oxygen atoms in total. The Morgan fingerprint density at radius 1 is 1.32 bits per heavy atom. The normalized spacial score (nSPS) is 27.4. The Morgan fingerprint density at radius 2 is 2.11 bits per heavy atom. The molecule has 1 aliphatic carbocycles. The quantitative estimate of drug-likeness (QED) is 0.802. The van der Waals surface area contributed by atoms with Crippen LogP contribution in [-0.2, 0) is 11.2 Å². The second-order valence-electron chi connectivity index (χ2n) is 5.78. The van der Waals surface area contributed by atoms with Gasteiger partial charge in [0.15, 0.2) is 0 Å². The van der Waals surface area contributed by atoms with E-state index in [1.807, 2.05) is 12.4 Å². The van der Waals surface area contributed by atoms with Gasteiger partial charge in [0.2, 0.25) is 0 Å². The van der Waals surface area contributed by atoms with Gasteiger partial charge in [-0.2, -0.15) is 0 Å². The second-order valence-corrected chi connectivity index (χ2v) is 5.78. The molecule has 1 aromatic heterocycles. The molecule has 1 fully saturated rings. The van der Waals surface area contributed by atoms with Crippen LogP contribution >= 0.6 is 0 Å². The monoisotopic (exact) mass is 262 g/mol. The molecule has 2 rings (SSSR count). The Labute approximate surface area is 116 Å². The smallest absolute Gasteiger partial charge is 0.0617 e. The molecular weight excluding hydrogens is 236 g/mol. The number of rotatable bonds is 6. The lowest BCUT2D eigenvalue weighted by Gasteiger charge is -2.34. The predicted molar refractivity (Wildman–Crippen MR) is 77.9 cm³/mol. The summed E-state index contributed by atoms with van der Waals surface area (Å²) in [4.78, 5) is 4.03. The molecule has 1 saturated carbocycles. The summed E-state index contributed by atoms with van der Waals surface area (Å²) in [5.74, 6) is 1.35. The number of pyridine rings is 1. The average molecular weight is 262 g/mol. The van der Waals surface area contributed by atoms with Crippen molar-refractivity contribution in [3.63, 3.8) is 0 Å². The first-order valence-corrected chi connectivity index (χ1v) is 7.50. The van der Waals surface area contributed by atoms with Gasteiger partial charge in [0.05, 0.1) is 6.10 Å². The van der Waals surface area contributed by atoms with E-state index >= 15 is 0 Å². The third kappa shape index (κ3) is 4.59. The zero-order chi connectivity index (χ0) is 13.5. The molecule has 0 aromatic carbocycles. The average Bonchev–Trinajstić information content (AvgIpc) is 2.45. The second kappa shape index (κ2) is 7.61. The third-order valence-electron chi connectivity index (χ3n) is 4.18. The van der Waals surface area contributed by atoms with Crippen molar-refractivity contribution in [1.82, 2.24) is 4.98 Å². The van der Waals surface area contributed by atoms with Crippen molar-refractivity contribution in [2.45, 2.75) is 45.1 Å². The molecule has 1 heterocycles. The van der Waals surface area contributed by atoms with Crippen LogP contribution in [-0.4, -0.2) is 24.2 Å². The standard InChI is InChI=1S/C16H26N2O/c1-13-4-5-15(12-17)16(11-13)19-10-2-3-14-6-8-18-9-7-14/h6-9,13,15-16H,2-5,10-12,17H2,1H3. The molecule has 106 valence electrons. The van der Waals surface area contributed by atoms with Crippen LogP contribution in [0.25, 0.3) is 0 Å². The van der Waals surface area contributed by atoms with Crippen molar-refractivity contribution in [2.24, 2.45) is 17.6 Å². The molecular formula is C16H26N2O. The zero-order valence-electron chi connectivity index (χ0n) is 11.9. The Balaban J connectivity index is 1.69. The summed E-state index contributed by atoms with van der Waals surface area (Å²) in [6.45, 7) is 3.93. The zero-order valence-corrected chi connectivity index (χ0v) is 11.9. The van der Waals surface area contributed by atoms with Gasteiger partial charge in [-0.15, -0.1) is 0 Å². The Kier molecular flexibility index (Phi) is 5.80. The maximum Gasteiger partial charge on any atom is 0.0617 e. The van der Waals surface area contributed by atoms with Gasteiger partial charge in [0.1, 0.15) is 0 Å². The number of hydrogen-bond acceptors (Lipinski definition) is 3. The third-order valence-corrected chi connectivity index (χ3v) is 4.18. The molecule has 0 amide bonds. The van der Waals surface area contributed by atoms with Crippen molar-refractivity contribution in [3.05, 3.63) is 30.1 Å². The molecule has 3 unspecified atom stereocenters. The lowest BCUT2D eigenvalue weighted by Crippen LogP contribution is -2.36. The van der Waals surface area contributed by atoms with E-state index in [0.717, 1.165) is 31.9 Å². The maximum atomic E-state index is 6.08. The highest BCUT2D eigenvalue weighted by Crippen LogP contribution is 2.30. The van der Waals surface area contributed by atoms with Crippen molar-refractivity contribution in [2.75, 3.05) is 13.2 Å². The van der Waals surface area contributed by atoms with Crippen LogP contribution in [0.2, 0.25) is 0 Å². The van der Waals surface area contributed by atoms with Gasteiger partial charge in [-0.05, 0) is 61.8 Å². The summed E-state index contributed by atoms with van der Waals surface area (Å²) in [5, 5.41) is 0. The summed E-state index contributed by atoms with van der Waals surface area (Å²) < 4.78 is 6.08. The van der Waals surface area contributed by atoms with E-state index in [0.29, 0.717) is 12.0 Å². The Hall–Kier alpha value is -0.930. The lowest BCUT2D eigenvalue weighted by molar-refractivity contribution is -0.0215. The molecule has 1 aromatic rings. The minimum absolute atomic E-state index is 0.381. The van der Waals surface area contributed by atoms with Gasteiger partial charge >= 0.3 is 0 Å². The van der Waals surface area contributed by atoms with E-state index in [1.165, 1.54) is 24.8 Å². The fourth-order valence-electron chi connectivity index (χ4n) is 2.93. The van der Waals surface area contributed by atoms with Crippen molar-refractivity contribution in [1.29, 1.82) is 0 Å². The number of aromatic nitrogens is 1. The fourth-order valence-corrected chi connectivity index (χ4v) is 2.93. The summed E-state index contributed by atoms with van der Waals surface area (Å²) in [6.07, 6.45) is 9.94. The molecule has 3 heteroatoms. The first kappa shape index (κ1) is 14.5. The van der Waals surface area contributed by atoms with Crippen LogP contribution in [0.1, 0.15) is 38.2 Å². The summed E-state index contributed by atoms with van der Waals surface area (Å²) in [7, 11) is 0. The summed E-state index contributed by atoms with van der Waals surface area (Å²) in [5.41, 5.74) is 7.19. The highest BCUT2D eigenvalue weighted by molar-refractivity contribution is 5.09. The number of nitrogens with zero attached hydrogens (tertiary/aromatic N) is 1. The van der Waals surface area contributed by atoms with Crippen LogP contribution in [0, 0.1) is 11.8 Å². The highest BCUT2D eigenvalue weighted by atomic mass is 16.5. The molecule has 2 N–H and O–H groups in total. The van der Waals surface area contributed by atoms with E-state index in [2.05, 4.69) is 24.0 Å². The van der Waals surface area contributed by atoms with Crippen molar-refractivity contribution in [3.8, 4) is 0 Å². The van der Waals surface area contributed by atoms with Gasteiger partial charge in [-0.3, -0.25) is 4.98 Å². The molecule has 19 heavy (non-hydrogen) atoms.